The molecule has 1 saturated heterocycles. The summed E-state index contributed by atoms with van der Waals surface area (Å²) in [6.07, 6.45) is 4.02. The van der Waals surface area contributed by atoms with Crippen LogP contribution in [0, 0.1) is 11.8 Å². The van der Waals surface area contributed by atoms with Crippen LogP contribution in [0.15, 0.2) is 48.7 Å². The third kappa shape index (κ3) is 9.56. The number of nitrogens with one attached hydrogen (secondary N) is 4. The van der Waals surface area contributed by atoms with Gasteiger partial charge in [0.15, 0.2) is 0 Å². The largest absolute Gasteiger partial charge is 0.488 e. The van der Waals surface area contributed by atoms with Crippen molar-refractivity contribution in [2.75, 3.05) is 27.4 Å². The summed E-state index contributed by atoms with van der Waals surface area (Å²) in [5.74, 6) is 1.45. The number of nitrogens with zero attached hydrogens (tertiary/aromatic N) is 4. The molecule has 3 aromatic carbocycles. The molecule has 0 spiro atoms. The van der Waals surface area contributed by atoms with Crippen LogP contribution in [0.5, 0.6) is 5.75 Å². The summed E-state index contributed by atoms with van der Waals surface area (Å²) in [5, 5.41) is 7.56. The number of hydrogen-bond acceptors (Lipinski definition) is 10. The maximum absolute atomic E-state index is 14.7. The van der Waals surface area contributed by atoms with Crippen LogP contribution in [0.3, 0.4) is 0 Å². The van der Waals surface area contributed by atoms with Gasteiger partial charge in [-0.3, -0.25) is 9.59 Å². The molecule has 16 nitrogen and oxygen atoms in total. The number of carbonyl (C=O) groups excluding carboxylic acids is 4. The van der Waals surface area contributed by atoms with Gasteiger partial charge in [-0.05, 0) is 111 Å². The van der Waals surface area contributed by atoms with Crippen LogP contribution in [0.2, 0.25) is 0 Å². The maximum atomic E-state index is 14.7. The van der Waals surface area contributed by atoms with Gasteiger partial charge in [0.05, 0.1) is 49.2 Å². The summed E-state index contributed by atoms with van der Waals surface area (Å²) in [5.41, 5.74) is 6.45. The smallest absolute Gasteiger partial charge is 0.407 e. The number of benzene rings is 3. The predicted molar refractivity (Wildman–Crippen MR) is 253 cm³/mol. The van der Waals surface area contributed by atoms with Gasteiger partial charge >= 0.3 is 12.2 Å². The number of imidazole rings is 2. The van der Waals surface area contributed by atoms with Gasteiger partial charge in [0.25, 0.3) is 0 Å². The molecule has 16 heteroatoms. The Bertz CT molecular complexity index is 2540. The zero-order chi connectivity index (χ0) is 47.4. The highest BCUT2D eigenvalue weighted by Gasteiger charge is 2.40. The van der Waals surface area contributed by atoms with E-state index < -0.39 is 36.4 Å². The summed E-state index contributed by atoms with van der Waals surface area (Å²) < 4.78 is 21.9. The molecular weight excluding hydrogens is 841 g/mol. The number of fused-ring (bicyclic) bond motifs is 6. The average Bonchev–Trinajstić information content (AvgIpc) is 4.02. The zero-order valence-corrected chi connectivity index (χ0v) is 39.9. The van der Waals surface area contributed by atoms with E-state index in [0.29, 0.717) is 44.3 Å². The van der Waals surface area contributed by atoms with Crippen molar-refractivity contribution in [1.82, 2.24) is 40.4 Å². The molecule has 0 unspecified atom stereocenters. The Balaban J connectivity index is 1.16. The Kier molecular flexibility index (Phi) is 14.9. The molecule has 5 atom stereocenters. The number of aromatic amines is 2. The SMILES string of the molecule is CCC(CC)N(C(=O)[C@@H](NC(=O)OC)C1CCOCC1)[C@@H](C)c1nc2ccc3cc4c(cc3c2[nH]1)OCc1cc(-c2cnc([C@H](C)N(C(=O)[C@@H](NC(=O)OC)C(C)C)[C@@H](C)CC)[nH]2)ccc1-4. The quantitative estimate of drug-likeness (QED) is 0.0743. The number of carbonyl (C=O) groups is 4. The van der Waals surface area contributed by atoms with Crippen LogP contribution in [0.25, 0.3) is 44.2 Å². The van der Waals surface area contributed by atoms with Crippen molar-refractivity contribution in [2.24, 2.45) is 11.8 Å². The van der Waals surface area contributed by atoms with Crippen LogP contribution >= 0.6 is 0 Å². The van der Waals surface area contributed by atoms with Gasteiger partial charge in [-0.15, -0.1) is 0 Å². The molecule has 0 saturated carbocycles. The summed E-state index contributed by atoms with van der Waals surface area (Å²) >= 11 is 0. The molecule has 7 rings (SSSR count). The third-order valence-electron chi connectivity index (χ3n) is 13.7. The molecule has 4 N–H and O–H groups in total. The van der Waals surface area contributed by atoms with Crippen LogP contribution in [-0.4, -0.2) is 105 Å². The molecule has 4 heterocycles. The molecular formula is C50H66N8O8. The van der Waals surface area contributed by atoms with Gasteiger partial charge < -0.3 is 49.3 Å². The monoisotopic (exact) mass is 907 g/mol. The molecule has 354 valence electrons. The van der Waals surface area contributed by atoms with Crippen LogP contribution in [0.1, 0.15) is 117 Å². The molecule has 1 fully saturated rings. The van der Waals surface area contributed by atoms with E-state index in [1.165, 1.54) is 14.2 Å². The van der Waals surface area contributed by atoms with E-state index in [4.69, 9.17) is 28.9 Å². The Labute approximate surface area is 386 Å². The molecule has 2 aliphatic rings. The molecule has 0 aliphatic carbocycles. The maximum Gasteiger partial charge on any atom is 0.407 e. The minimum Gasteiger partial charge on any atom is -0.488 e. The fourth-order valence-electron chi connectivity index (χ4n) is 9.63. The molecule has 0 bridgehead atoms. The normalized spacial score (nSPS) is 16.1. The summed E-state index contributed by atoms with van der Waals surface area (Å²) in [4.78, 5) is 74.0. The van der Waals surface area contributed by atoms with Crippen molar-refractivity contribution in [2.45, 2.75) is 130 Å². The molecule has 2 aromatic heterocycles. The second-order valence-electron chi connectivity index (χ2n) is 18.0. The highest BCUT2D eigenvalue weighted by atomic mass is 16.5. The number of aromatic nitrogens is 4. The lowest BCUT2D eigenvalue weighted by Crippen LogP contribution is -2.56. The van der Waals surface area contributed by atoms with Crippen molar-refractivity contribution in [1.29, 1.82) is 0 Å². The van der Waals surface area contributed by atoms with Gasteiger partial charge in [0.2, 0.25) is 11.8 Å². The number of alkyl carbamates (subject to hydrolysis) is 2. The number of hydrogen-bond donors (Lipinski definition) is 4. The van der Waals surface area contributed by atoms with Gasteiger partial charge in [-0.2, -0.15) is 0 Å². The number of rotatable bonds is 16. The van der Waals surface area contributed by atoms with E-state index in [1.54, 1.807) is 11.1 Å². The fraction of sp³-hybridized carbons (Fsp3) is 0.520. The molecule has 66 heavy (non-hydrogen) atoms. The van der Waals surface area contributed by atoms with E-state index in [9.17, 15) is 19.2 Å². The number of amides is 4. The Hall–Kier alpha value is -6.16. The number of methoxy groups -OCH3 is 2. The zero-order valence-electron chi connectivity index (χ0n) is 39.9. The summed E-state index contributed by atoms with van der Waals surface area (Å²) in [7, 11) is 2.60. The number of ether oxygens (including phenoxy) is 4. The predicted octanol–water partition coefficient (Wildman–Crippen LogP) is 8.96. The minimum absolute atomic E-state index is 0.0868. The first-order valence-corrected chi connectivity index (χ1v) is 23.4. The van der Waals surface area contributed by atoms with Crippen LogP contribution in [0.4, 0.5) is 9.59 Å². The van der Waals surface area contributed by atoms with E-state index >= 15 is 0 Å². The average molecular weight is 907 g/mol. The van der Waals surface area contributed by atoms with Crippen molar-refractivity contribution in [3.8, 4) is 28.1 Å². The first-order valence-electron chi connectivity index (χ1n) is 23.4. The van der Waals surface area contributed by atoms with Crippen LogP contribution in [-0.2, 0) is 30.4 Å². The van der Waals surface area contributed by atoms with Crippen molar-refractivity contribution < 1.29 is 38.1 Å². The molecule has 2 aliphatic heterocycles. The summed E-state index contributed by atoms with van der Waals surface area (Å²) in [6.45, 7) is 17.3. The Morgan fingerprint density at radius 1 is 0.803 bits per heavy atom. The van der Waals surface area contributed by atoms with Crippen molar-refractivity contribution in [3.05, 3.63) is 65.9 Å². The van der Waals surface area contributed by atoms with Gasteiger partial charge in [-0.1, -0.05) is 52.8 Å². The molecule has 0 radical (unpaired) electrons. The lowest BCUT2D eigenvalue weighted by Gasteiger charge is -2.40. The highest BCUT2D eigenvalue weighted by Crippen LogP contribution is 2.43. The first-order chi connectivity index (χ1) is 31.7. The first kappa shape index (κ1) is 47.8. The molecule has 4 amide bonds. The third-order valence-corrected chi connectivity index (χ3v) is 13.7. The van der Waals surface area contributed by atoms with E-state index in [-0.39, 0.29) is 35.7 Å². The second kappa shape index (κ2) is 20.6. The fourth-order valence-corrected chi connectivity index (χ4v) is 9.63. The van der Waals surface area contributed by atoms with Crippen molar-refractivity contribution >= 4 is 45.8 Å². The van der Waals surface area contributed by atoms with E-state index in [1.807, 2.05) is 52.5 Å². The van der Waals surface area contributed by atoms with E-state index in [2.05, 4.69) is 70.8 Å². The van der Waals surface area contributed by atoms with Gasteiger partial charge in [-0.25, -0.2) is 19.6 Å². The number of H-pyrrole nitrogens is 2. The standard InChI is InChI=1S/C50H66N8O8/c1-11-28(6)57(47(59)42(27(4)5)55-49(61)63-9)29(7)45-51-25-40(53-45)33-14-16-36-34(22-33)26-66-41-24-37-32(23-38(36)41)15-17-39-44(37)54-46(52-39)30(8)58(35(12-2)13-3)48(60)43(56-50(62)64-10)31-18-20-65-21-19-31/h14-17,22-25,27-31,35,42-43H,11-13,18-21,26H2,1-10H3,(H,51,53)(H,52,54)(H,55,61)(H,56,62)/t28-,29-,30-,42-,43-/m0/s1. The molecule has 5 aromatic rings. The van der Waals surface area contributed by atoms with Crippen LogP contribution < -0.4 is 15.4 Å². The van der Waals surface area contributed by atoms with Gasteiger partial charge in [0.1, 0.15) is 36.1 Å². The lowest BCUT2D eigenvalue weighted by molar-refractivity contribution is -0.141. The highest BCUT2D eigenvalue weighted by molar-refractivity contribution is 6.07. The van der Waals surface area contributed by atoms with Crippen molar-refractivity contribution in [3.63, 3.8) is 0 Å². The Morgan fingerprint density at radius 3 is 2.17 bits per heavy atom. The van der Waals surface area contributed by atoms with Gasteiger partial charge in [0, 0.05) is 36.2 Å². The Morgan fingerprint density at radius 2 is 1.50 bits per heavy atom. The van der Waals surface area contributed by atoms with E-state index in [0.717, 1.165) is 74.8 Å². The summed E-state index contributed by atoms with van der Waals surface area (Å²) in [6, 6.07) is 12.0. The minimum atomic E-state index is -0.762. The lowest BCUT2D eigenvalue weighted by atomic mass is 9.89. The topological polar surface area (TPSA) is 193 Å². The second-order valence-corrected chi connectivity index (χ2v) is 18.0.